The van der Waals surface area contributed by atoms with Crippen molar-refractivity contribution in [1.29, 1.82) is 0 Å². The molecule has 1 heterocycles. The molecule has 0 saturated carbocycles. The summed E-state index contributed by atoms with van der Waals surface area (Å²) in [5.74, 6) is 0.447. The maximum Gasteiger partial charge on any atom is 0.166 e. The lowest BCUT2D eigenvalue weighted by Gasteiger charge is -2.04. The van der Waals surface area contributed by atoms with Crippen molar-refractivity contribution in [2.24, 2.45) is 5.92 Å². The van der Waals surface area contributed by atoms with Gasteiger partial charge in [0.25, 0.3) is 0 Å². The lowest BCUT2D eigenvalue weighted by molar-refractivity contribution is 0.0937. The van der Waals surface area contributed by atoms with E-state index in [-0.39, 0.29) is 5.92 Å². The molecule has 1 unspecified atom stereocenters. The molecule has 1 aromatic heterocycles. The third-order valence-corrected chi connectivity index (χ3v) is 4.91. The summed E-state index contributed by atoms with van der Waals surface area (Å²) in [7, 11) is 0. The van der Waals surface area contributed by atoms with Gasteiger partial charge in [0.05, 0.1) is 0 Å². The van der Waals surface area contributed by atoms with Gasteiger partial charge in [-0.3, -0.25) is 4.79 Å². The van der Waals surface area contributed by atoms with Crippen LogP contribution in [0.3, 0.4) is 0 Å². The number of halogens is 1. The van der Waals surface area contributed by atoms with E-state index in [1.54, 1.807) is 11.3 Å². The fourth-order valence-corrected chi connectivity index (χ4v) is 3.92. The summed E-state index contributed by atoms with van der Waals surface area (Å²) >= 11 is 5.17. The van der Waals surface area contributed by atoms with Gasteiger partial charge in [-0.05, 0) is 40.4 Å². The van der Waals surface area contributed by atoms with Gasteiger partial charge in [0.15, 0.2) is 5.78 Å². The molecular weight excluding hydrogens is 296 g/mol. The first-order chi connectivity index (χ1) is 8.24. The molecule has 0 saturated heterocycles. The van der Waals surface area contributed by atoms with Crippen molar-refractivity contribution in [3.63, 3.8) is 0 Å². The number of benzene rings is 1. The predicted octanol–water partition coefficient (Wildman–Crippen LogP) is 4.11. The van der Waals surface area contributed by atoms with Crippen LogP contribution in [0.15, 0.2) is 40.2 Å². The second kappa shape index (κ2) is 4.39. The maximum atomic E-state index is 12.2. The van der Waals surface area contributed by atoms with Crippen molar-refractivity contribution in [3.05, 3.63) is 56.2 Å². The third kappa shape index (κ3) is 2.09. The summed E-state index contributed by atoms with van der Waals surface area (Å²) in [4.78, 5) is 13.5. The van der Waals surface area contributed by atoms with Crippen molar-refractivity contribution < 1.29 is 4.79 Å². The molecule has 2 aromatic rings. The Hall–Kier alpha value is -0.930. The predicted molar refractivity (Wildman–Crippen MR) is 73.7 cm³/mol. The van der Waals surface area contributed by atoms with Crippen molar-refractivity contribution >= 4 is 33.0 Å². The van der Waals surface area contributed by atoms with E-state index in [2.05, 4.69) is 33.4 Å². The highest BCUT2D eigenvalue weighted by Crippen LogP contribution is 2.31. The summed E-state index contributed by atoms with van der Waals surface area (Å²) in [6.07, 6.45) is 1.76. The Labute approximate surface area is 113 Å². The molecule has 1 atom stereocenters. The minimum Gasteiger partial charge on any atom is -0.294 e. The molecule has 0 amide bonds. The Morgan fingerprint density at radius 2 is 2.18 bits per heavy atom. The second-order valence-corrected chi connectivity index (χ2v) is 6.27. The molecule has 1 nitrogen and oxygen atoms in total. The van der Waals surface area contributed by atoms with Gasteiger partial charge in [0.1, 0.15) is 0 Å². The SMILES string of the molecule is O=C1c2ccccc2CC1Cc1cc(Br)cs1. The van der Waals surface area contributed by atoms with Crippen LogP contribution >= 0.6 is 27.3 Å². The number of carbonyl (C=O) groups excluding carboxylic acids is 1. The summed E-state index contributed by atoms with van der Waals surface area (Å²) < 4.78 is 1.11. The van der Waals surface area contributed by atoms with Crippen LogP contribution in [-0.2, 0) is 12.8 Å². The first kappa shape index (κ1) is 11.2. The number of rotatable bonds is 2. The molecule has 0 aliphatic heterocycles. The molecule has 0 N–H and O–H groups in total. The van der Waals surface area contributed by atoms with E-state index in [9.17, 15) is 4.79 Å². The van der Waals surface area contributed by atoms with E-state index in [1.165, 1.54) is 10.4 Å². The Bertz CT molecular complexity index is 573. The van der Waals surface area contributed by atoms with Gasteiger partial charge in [-0.2, -0.15) is 0 Å². The molecule has 3 rings (SSSR count). The quantitative estimate of drug-likeness (QED) is 0.816. The van der Waals surface area contributed by atoms with E-state index < -0.39 is 0 Å². The zero-order valence-corrected chi connectivity index (χ0v) is 11.6. The summed E-state index contributed by atoms with van der Waals surface area (Å²) in [6.45, 7) is 0. The number of Topliss-reactive ketones (excluding diaryl/α,β-unsaturated/α-hetero) is 1. The second-order valence-electron chi connectivity index (χ2n) is 4.36. The third-order valence-electron chi connectivity index (χ3n) is 3.19. The average Bonchev–Trinajstić information content (AvgIpc) is 2.86. The van der Waals surface area contributed by atoms with Crippen LogP contribution in [0, 0.1) is 5.92 Å². The Morgan fingerprint density at radius 3 is 2.88 bits per heavy atom. The zero-order chi connectivity index (χ0) is 11.8. The fourth-order valence-electron chi connectivity index (χ4n) is 2.39. The van der Waals surface area contributed by atoms with Crippen LogP contribution in [0.1, 0.15) is 20.8 Å². The lowest BCUT2D eigenvalue weighted by atomic mass is 10.0. The molecule has 0 radical (unpaired) electrons. The molecule has 0 spiro atoms. The Morgan fingerprint density at radius 1 is 1.35 bits per heavy atom. The maximum absolute atomic E-state index is 12.2. The van der Waals surface area contributed by atoms with Gasteiger partial charge in [-0.25, -0.2) is 0 Å². The van der Waals surface area contributed by atoms with Gasteiger partial charge < -0.3 is 0 Å². The van der Waals surface area contributed by atoms with Crippen molar-refractivity contribution in [2.75, 3.05) is 0 Å². The summed E-state index contributed by atoms with van der Waals surface area (Å²) in [6, 6.07) is 10.1. The average molecular weight is 307 g/mol. The van der Waals surface area contributed by atoms with E-state index >= 15 is 0 Å². The minimum absolute atomic E-state index is 0.137. The number of ketones is 1. The monoisotopic (exact) mass is 306 g/mol. The van der Waals surface area contributed by atoms with E-state index in [0.29, 0.717) is 5.78 Å². The normalized spacial score (nSPS) is 18.4. The number of hydrogen-bond donors (Lipinski definition) is 0. The molecular formula is C14H11BrOS. The highest BCUT2D eigenvalue weighted by atomic mass is 79.9. The van der Waals surface area contributed by atoms with Crippen molar-refractivity contribution in [3.8, 4) is 0 Å². The summed E-state index contributed by atoms with van der Waals surface area (Å²) in [5, 5.41) is 2.07. The molecule has 1 aliphatic carbocycles. The first-order valence-electron chi connectivity index (χ1n) is 5.59. The number of hydrogen-bond acceptors (Lipinski definition) is 2. The van der Waals surface area contributed by atoms with Gasteiger partial charge in [0, 0.05) is 26.2 Å². The van der Waals surface area contributed by atoms with Crippen LogP contribution in [0.5, 0.6) is 0 Å². The molecule has 17 heavy (non-hydrogen) atoms. The zero-order valence-electron chi connectivity index (χ0n) is 9.15. The number of thiophene rings is 1. The number of fused-ring (bicyclic) bond motifs is 1. The van der Waals surface area contributed by atoms with E-state index in [4.69, 9.17) is 0 Å². The van der Waals surface area contributed by atoms with Crippen LogP contribution < -0.4 is 0 Å². The van der Waals surface area contributed by atoms with Crippen molar-refractivity contribution in [2.45, 2.75) is 12.8 Å². The highest BCUT2D eigenvalue weighted by Gasteiger charge is 2.30. The summed E-state index contributed by atoms with van der Waals surface area (Å²) in [5.41, 5.74) is 2.13. The van der Waals surface area contributed by atoms with Crippen molar-refractivity contribution in [1.82, 2.24) is 0 Å². The standard InChI is InChI=1S/C14H11BrOS/c15-11-7-12(17-8-11)6-10-5-9-3-1-2-4-13(9)14(10)16/h1-4,7-8,10H,5-6H2. The van der Waals surface area contributed by atoms with Gasteiger partial charge in [0.2, 0.25) is 0 Å². The molecule has 0 bridgehead atoms. The Kier molecular flexibility index (Phi) is 2.89. The van der Waals surface area contributed by atoms with E-state index in [0.717, 1.165) is 22.9 Å². The van der Waals surface area contributed by atoms with Crippen LogP contribution in [0.25, 0.3) is 0 Å². The first-order valence-corrected chi connectivity index (χ1v) is 7.26. The lowest BCUT2D eigenvalue weighted by Crippen LogP contribution is -2.11. The van der Waals surface area contributed by atoms with Crippen LogP contribution in [0.2, 0.25) is 0 Å². The van der Waals surface area contributed by atoms with Gasteiger partial charge in [-0.15, -0.1) is 11.3 Å². The Balaban J connectivity index is 1.82. The molecule has 0 fully saturated rings. The van der Waals surface area contributed by atoms with E-state index in [1.807, 2.05) is 18.2 Å². The number of carbonyl (C=O) groups is 1. The van der Waals surface area contributed by atoms with Crippen LogP contribution in [-0.4, -0.2) is 5.78 Å². The van der Waals surface area contributed by atoms with Crippen LogP contribution in [0.4, 0.5) is 0 Å². The minimum atomic E-state index is 0.137. The largest absolute Gasteiger partial charge is 0.294 e. The fraction of sp³-hybridized carbons (Fsp3) is 0.214. The smallest absolute Gasteiger partial charge is 0.166 e. The molecule has 86 valence electrons. The molecule has 3 heteroatoms. The molecule has 1 aliphatic rings. The topological polar surface area (TPSA) is 17.1 Å². The van der Waals surface area contributed by atoms with Gasteiger partial charge in [-0.1, -0.05) is 24.3 Å². The van der Waals surface area contributed by atoms with Gasteiger partial charge >= 0.3 is 0 Å². The highest BCUT2D eigenvalue weighted by molar-refractivity contribution is 9.10. The molecule has 1 aromatic carbocycles.